The van der Waals surface area contributed by atoms with Gasteiger partial charge in [0.05, 0.1) is 46.8 Å². The highest BCUT2D eigenvalue weighted by Gasteiger charge is 2.19. The summed E-state index contributed by atoms with van der Waals surface area (Å²) in [6.45, 7) is 1.97. The topological polar surface area (TPSA) is 68.6 Å². The number of hydrogen-bond donors (Lipinski definition) is 0. The molecule has 29 heavy (non-hydrogen) atoms. The van der Waals surface area contributed by atoms with Gasteiger partial charge in [-0.2, -0.15) is 0 Å². The minimum Gasteiger partial charge on any atom is -0.294 e. The Bertz CT molecular complexity index is 1160. The Morgan fingerprint density at radius 1 is 1.03 bits per heavy atom. The van der Waals surface area contributed by atoms with Crippen molar-refractivity contribution in [1.82, 2.24) is 19.3 Å². The summed E-state index contributed by atoms with van der Waals surface area (Å²) >= 11 is 1.41. The Hall–Kier alpha value is -3.39. The van der Waals surface area contributed by atoms with Gasteiger partial charge in [0.2, 0.25) is 0 Å². The summed E-state index contributed by atoms with van der Waals surface area (Å²) in [4.78, 5) is 25.3. The maximum Gasteiger partial charge on any atom is 0.174 e. The largest absolute Gasteiger partial charge is 0.294 e. The third-order valence-electron chi connectivity index (χ3n) is 4.42. The molecule has 0 atom stereocenters. The first-order valence-corrected chi connectivity index (χ1v) is 9.45. The van der Waals surface area contributed by atoms with Crippen molar-refractivity contribution in [2.24, 2.45) is 0 Å². The molecule has 0 N–H and O–H groups in total. The van der Waals surface area contributed by atoms with Crippen LogP contribution in [0.1, 0.15) is 21.6 Å². The van der Waals surface area contributed by atoms with Crippen molar-refractivity contribution in [3.8, 4) is 21.7 Å². The van der Waals surface area contributed by atoms with E-state index in [2.05, 4.69) is 19.3 Å². The van der Waals surface area contributed by atoms with Crippen LogP contribution in [0, 0.1) is 18.6 Å². The van der Waals surface area contributed by atoms with Crippen LogP contribution in [0.2, 0.25) is 0 Å². The molecule has 1 aromatic carbocycles. The van der Waals surface area contributed by atoms with Crippen molar-refractivity contribution in [2.45, 2.75) is 13.3 Å². The molecule has 3 aromatic heterocycles. The summed E-state index contributed by atoms with van der Waals surface area (Å²) in [5, 5.41) is 0. The van der Waals surface area contributed by atoms with Crippen molar-refractivity contribution < 1.29 is 13.6 Å². The average molecular weight is 408 g/mol. The summed E-state index contributed by atoms with van der Waals surface area (Å²) < 4.78 is 31.6. The zero-order chi connectivity index (χ0) is 20.4. The number of hydrogen-bond acceptors (Lipinski definition) is 6. The van der Waals surface area contributed by atoms with Gasteiger partial charge in [0, 0.05) is 18.0 Å². The van der Waals surface area contributed by atoms with E-state index in [1.807, 2.05) is 31.2 Å². The molecular weight excluding hydrogens is 394 g/mol. The number of carbonyl (C=O) groups is 1. The van der Waals surface area contributed by atoms with Crippen molar-refractivity contribution in [3.63, 3.8) is 0 Å². The van der Waals surface area contributed by atoms with Crippen LogP contribution in [-0.2, 0) is 6.42 Å². The zero-order valence-corrected chi connectivity index (χ0v) is 16.1. The van der Waals surface area contributed by atoms with E-state index in [-0.39, 0.29) is 6.42 Å². The molecule has 5 nitrogen and oxygen atoms in total. The quantitative estimate of drug-likeness (QED) is 0.449. The third-order valence-corrected chi connectivity index (χ3v) is 5.21. The van der Waals surface area contributed by atoms with Crippen molar-refractivity contribution in [3.05, 3.63) is 83.7 Å². The van der Waals surface area contributed by atoms with Gasteiger partial charge in [0.15, 0.2) is 17.4 Å². The van der Waals surface area contributed by atoms with Crippen LogP contribution < -0.4 is 0 Å². The molecule has 0 spiro atoms. The first-order valence-electron chi connectivity index (χ1n) is 8.68. The molecule has 0 amide bonds. The Labute approximate surface area is 169 Å². The van der Waals surface area contributed by atoms with Gasteiger partial charge in [-0.25, -0.2) is 13.2 Å². The fourth-order valence-electron chi connectivity index (χ4n) is 2.93. The average Bonchev–Trinajstić information content (AvgIpc) is 3.24. The number of rotatable bonds is 5. The summed E-state index contributed by atoms with van der Waals surface area (Å²) in [5.74, 6) is -2.70. The number of pyridine rings is 1. The second-order valence-corrected chi connectivity index (χ2v) is 7.21. The summed E-state index contributed by atoms with van der Waals surface area (Å²) in [7, 11) is 0. The number of benzene rings is 1. The van der Waals surface area contributed by atoms with Crippen molar-refractivity contribution in [1.29, 1.82) is 0 Å². The predicted octanol–water partition coefficient (Wildman–Crippen LogP) is 4.67. The van der Waals surface area contributed by atoms with Gasteiger partial charge in [-0.3, -0.25) is 19.7 Å². The molecule has 4 aromatic rings. The van der Waals surface area contributed by atoms with E-state index in [0.29, 0.717) is 11.4 Å². The minimum atomic E-state index is -0.991. The van der Waals surface area contributed by atoms with Crippen LogP contribution in [0.3, 0.4) is 0 Å². The van der Waals surface area contributed by atoms with E-state index in [4.69, 9.17) is 0 Å². The van der Waals surface area contributed by atoms with Gasteiger partial charge in [0.1, 0.15) is 0 Å². The van der Waals surface area contributed by atoms with Crippen molar-refractivity contribution >= 4 is 17.3 Å². The maximum atomic E-state index is 13.7. The molecular formula is C21H14F2N4OS. The highest BCUT2D eigenvalue weighted by Crippen LogP contribution is 2.29. The van der Waals surface area contributed by atoms with Gasteiger partial charge in [-0.1, -0.05) is 12.1 Å². The second kappa shape index (κ2) is 7.92. The van der Waals surface area contributed by atoms with Crippen molar-refractivity contribution in [2.75, 3.05) is 0 Å². The summed E-state index contributed by atoms with van der Waals surface area (Å²) in [6, 6.07) is 7.97. The number of halogens is 2. The Morgan fingerprint density at radius 2 is 1.83 bits per heavy atom. The van der Waals surface area contributed by atoms with E-state index in [0.717, 1.165) is 34.0 Å². The Morgan fingerprint density at radius 3 is 2.48 bits per heavy atom. The number of aryl methyl sites for hydroxylation is 1. The maximum absolute atomic E-state index is 13.7. The lowest BCUT2D eigenvalue weighted by Crippen LogP contribution is -2.11. The zero-order valence-electron chi connectivity index (χ0n) is 15.3. The fraction of sp³-hybridized carbons (Fsp3) is 0.0952. The van der Waals surface area contributed by atoms with Crippen LogP contribution in [0.4, 0.5) is 8.78 Å². The van der Waals surface area contributed by atoms with Gasteiger partial charge in [-0.15, -0.1) is 0 Å². The second-order valence-electron chi connectivity index (χ2n) is 6.38. The lowest BCUT2D eigenvalue weighted by molar-refractivity contribution is 0.0983. The molecule has 4 rings (SSSR count). The number of Topliss-reactive ketones (excluding diaryl/α,β-unsaturated/α-hetero) is 1. The molecule has 0 unspecified atom stereocenters. The van der Waals surface area contributed by atoms with E-state index >= 15 is 0 Å². The molecule has 0 aliphatic rings. The third kappa shape index (κ3) is 3.93. The predicted molar refractivity (Wildman–Crippen MR) is 106 cm³/mol. The van der Waals surface area contributed by atoms with E-state index in [1.54, 1.807) is 12.4 Å². The number of ketones is 1. The van der Waals surface area contributed by atoms with Gasteiger partial charge in [-0.05, 0) is 41.7 Å². The van der Waals surface area contributed by atoms with Crippen LogP contribution in [0.15, 0.2) is 55.2 Å². The SMILES string of the molecule is Cc1ccc(-c2ccns2)cc1-c1cnc(CC(=O)c2c(F)cncc2F)cn1. The van der Waals surface area contributed by atoms with Gasteiger partial charge >= 0.3 is 0 Å². The minimum absolute atomic E-state index is 0.259. The molecule has 0 bridgehead atoms. The summed E-state index contributed by atoms with van der Waals surface area (Å²) in [5.41, 5.74) is 3.32. The lowest BCUT2D eigenvalue weighted by Gasteiger charge is -2.08. The molecule has 0 fully saturated rings. The number of nitrogens with zero attached hydrogens (tertiary/aromatic N) is 4. The molecule has 0 aliphatic heterocycles. The highest BCUT2D eigenvalue weighted by atomic mass is 32.1. The first kappa shape index (κ1) is 18.9. The standard InChI is InChI=1S/C21H14F2N4OS/c1-12-2-3-13(20-4-5-27-29-20)6-15(12)18-11-25-14(8-26-18)7-19(28)21-16(22)9-24-10-17(21)23/h2-6,8-11H,7H2,1H3. The number of carbonyl (C=O) groups excluding carboxylic acids is 1. The smallest absolute Gasteiger partial charge is 0.174 e. The molecule has 8 heteroatoms. The normalized spacial score (nSPS) is 10.9. The Balaban J connectivity index is 1.59. The lowest BCUT2D eigenvalue weighted by atomic mass is 10.0. The van der Waals surface area contributed by atoms with Crippen LogP contribution in [0.25, 0.3) is 21.7 Å². The van der Waals surface area contributed by atoms with E-state index in [9.17, 15) is 13.6 Å². The van der Waals surface area contributed by atoms with Gasteiger partial charge in [0.25, 0.3) is 0 Å². The molecule has 3 heterocycles. The Kier molecular flexibility index (Phi) is 5.18. The first-order chi connectivity index (χ1) is 14.0. The van der Waals surface area contributed by atoms with E-state index < -0.39 is 23.0 Å². The number of aromatic nitrogens is 4. The van der Waals surface area contributed by atoms with Gasteiger partial charge < -0.3 is 0 Å². The molecule has 144 valence electrons. The molecule has 0 aliphatic carbocycles. The molecule has 0 saturated carbocycles. The molecule has 0 radical (unpaired) electrons. The summed E-state index contributed by atoms with van der Waals surface area (Å²) in [6.07, 6.45) is 6.11. The fourth-order valence-corrected chi connectivity index (χ4v) is 3.52. The van der Waals surface area contributed by atoms with Crippen LogP contribution in [0.5, 0.6) is 0 Å². The molecule has 0 saturated heterocycles. The van der Waals surface area contributed by atoms with E-state index in [1.165, 1.54) is 17.7 Å². The monoisotopic (exact) mass is 408 g/mol. The highest BCUT2D eigenvalue weighted by molar-refractivity contribution is 7.09. The van der Waals surface area contributed by atoms with Crippen LogP contribution in [-0.4, -0.2) is 25.1 Å². The van der Waals surface area contributed by atoms with Crippen LogP contribution >= 0.6 is 11.5 Å².